The van der Waals surface area contributed by atoms with E-state index >= 15 is 0 Å². The molecular weight excluding hydrogens is 218 g/mol. The van der Waals surface area contributed by atoms with Crippen LogP contribution in [-0.4, -0.2) is 12.5 Å². The van der Waals surface area contributed by atoms with Gasteiger partial charge in [-0.2, -0.15) is 0 Å². The van der Waals surface area contributed by atoms with Crippen molar-refractivity contribution in [3.63, 3.8) is 0 Å². The number of amides is 1. The highest BCUT2D eigenvalue weighted by Crippen LogP contribution is 2.20. The summed E-state index contributed by atoms with van der Waals surface area (Å²) in [4.78, 5) is 13.7. The molecule has 0 saturated carbocycles. The van der Waals surface area contributed by atoms with Gasteiger partial charge in [0.05, 0.1) is 4.88 Å². The smallest absolute Gasteiger partial charge is 0.261 e. The summed E-state index contributed by atoms with van der Waals surface area (Å²) in [6.07, 6.45) is 2.18. The van der Waals surface area contributed by atoms with E-state index in [1.165, 1.54) is 4.88 Å². The van der Waals surface area contributed by atoms with Crippen LogP contribution in [0.4, 0.5) is 0 Å². The van der Waals surface area contributed by atoms with Gasteiger partial charge in [0.1, 0.15) is 0 Å². The van der Waals surface area contributed by atoms with E-state index in [2.05, 4.69) is 26.1 Å². The third-order valence-corrected chi connectivity index (χ3v) is 3.35. The summed E-state index contributed by atoms with van der Waals surface area (Å²) in [5.41, 5.74) is 0.351. The predicted molar refractivity (Wildman–Crippen MR) is 70.1 cm³/mol. The molecule has 0 aliphatic rings. The Bertz CT molecular complexity index is 349. The molecule has 0 spiro atoms. The Labute approximate surface area is 102 Å². The van der Waals surface area contributed by atoms with E-state index in [-0.39, 0.29) is 5.91 Å². The van der Waals surface area contributed by atoms with Crippen molar-refractivity contribution in [2.24, 2.45) is 5.41 Å². The molecule has 0 fully saturated rings. The van der Waals surface area contributed by atoms with Crippen molar-refractivity contribution in [3.05, 3.63) is 21.9 Å². The minimum atomic E-state index is 0.0620. The first-order chi connectivity index (χ1) is 7.38. The summed E-state index contributed by atoms with van der Waals surface area (Å²) >= 11 is 1.55. The summed E-state index contributed by atoms with van der Waals surface area (Å²) in [5, 5.41) is 2.96. The Morgan fingerprint density at radius 2 is 2.06 bits per heavy atom. The average Bonchev–Trinajstić information content (AvgIpc) is 2.57. The molecule has 1 aromatic heterocycles. The third kappa shape index (κ3) is 4.79. The molecule has 2 nitrogen and oxygen atoms in total. The molecule has 1 aromatic rings. The van der Waals surface area contributed by atoms with Gasteiger partial charge in [-0.1, -0.05) is 20.8 Å². The Hall–Kier alpha value is -0.830. The van der Waals surface area contributed by atoms with Crippen molar-refractivity contribution in [1.82, 2.24) is 5.32 Å². The second-order valence-corrected chi connectivity index (χ2v) is 6.62. The van der Waals surface area contributed by atoms with E-state index in [0.717, 1.165) is 24.3 Å². The number of thiophene rings is 1. The van der Waals surface area contributed by atoms with Crippen molar-refractivity contribution >= 4 is 17.2 Å². The van der Waals surface area contributed by atoms with Crippen molar-refractivity contribution in [1.29, 1.82) is 0 Å². The number of carbonyl (C=O) groups is 1. The Balaban J connectivity index is 2.26. The second-order valence-electron chi connectivity index (χ2n) is 5.33. The lowest BCUT2D eigenvalue weighted by molar-refractivity contribution is 0.0955. The Kier molecular flexibility index (Phi) is 4.54. The van der Waals surface area contributed by atoms with Gasteiger partial charge >= 0.3 is 0 Å². The molecule has 3 heteroatoms. The van der Waals surface area contributed by atoms with Gasteiger partial charge in [-0.25, -0.2) is 0 Å². The van der Waals surface area contributed by atoms with Crippen molar-refractivity contribution < 1.29 is 4.79 Å². The molecule has 16 heavy (non-hydrogen) atoms. The molecule has 1 heterocycles. The zero-order valence-electron chi connectivity index (χ0n) is 10.6. The molecule has 0 bridgehead atoms. The predicted octanol–water partition coefficient (Wildman–Crippen LogP) is 3.61. The van der Waals surface area contributed by atoms with Gasteiger partial charge in [0.25, 0.3) is 5.91 Å². The number of nitrogens with one attached hydrogen (secondary N) is 1. The first-order valence-corrected chi connectivity index (χ1v) is 6.55. The number of aryl methyl sites for hydroxylation is 1. The van der Waals surface area contributed by atoms with Crippen LogP contribution in [0, 0.1) is 12.3 Å². The maximum absolute atomic E-state index is 11.7. The first kappa shape index (κ1) is 13.2. The fourth-order valence-corrected chi connectivity index (χ4v) is 2.25. The minimum Gasteiger partial charge on any atom is -0.351 e. The van der Waals surface area contributed by atoms with Gasteiger partial charge in [0.15, 0.2) is 0 Å². The van der Waals surface area contributed by atoms with Gasteiger partial charge in [0, 0.05) is 11.4 Å². The van der Waals surface area contributed by atoms with Crippen LogP contribution in [0.1, 0.15) is 48.2 Å². The Morgan fingerprint density at radius 1 is 1.38 bits per heavy atom. The first-order valence-electron chi connectivity index (χ1n) is 5.73. The number of hydrogen-bond acceptors (Lipinski definition) is 2. The van der Waals surface area contributed by atoms with Crippen LogP contribution < -0.4 is 5.32 Å². The highest BCUT2D eigenvalue weighted by molar-refractivity contribution is 7.13. The molecule has 1 rings (SSSR count). The van der Waals surface area contributed by atoms with E-state index in [0.29, 0.717) is 5.41 Å². The number of rotatable bonds is 4. The summed E-state index contributed by atoms with van der Waals surface area (Å²) in [5.74, 6) is 0.0620. The van der Waals surface area contributed by atoms with Crippen LogP contribution in [0.25, 0.3) is 0 Å². The maximum Gasteiger partial charge on any atom is 0.261 e. The lowest BCUT2D eigenvalue weighted by Crippen LogP contribution is -2.24. The third-order valence-electron chi connectivity index (χ3n) is 2.35. The Morgan fingerprint density at radius 3 is 2.56 bits per heavy atom. The van der Waals surface area contributed by atoms with Gasteiger partial charge in [-0.3, -0.25) is 4.79 Å². The topological polar surface area (TPSA) is 29.1 Å². The number of carbonyl (C=O) groups excluding carboxylic acids is 1. The largest absolute Gasteiger partial charge is 0.351 e. The molecule has 0 saturated heterocycles. The fourth-order valence-electron chi connectivity index (χ4n) is 1.46. The van der Waals surface area contributed by atoms with Gasteiger partial charge < -0.3 is 5.32 Å². The zero-order chi connectivity index (χ0) is 12.2. The van der Waals surface area contributed by atoms with Crippen LogP contribution in [0.3, 0.4) is 0 Å². The molecule has 0 radical (unpaired) electrons. The summed E-state index contributed by atoms with van der Waals surface area (Å²) in [6, 6.07) is 3.87. The second kappa shape index (κ2) is 5.48. The van der Waals surface area contributed by atoms with Crippen molar-refractivity contribution in [2.45, 2.75) is 40.5 Å². The molecule has 0 atom stereocenters. The molecule has 90 valence electrons. The highest BCUT2D eigenvalue weighted by Gasteiger charge is 2.10. The van der Waals surface area contributed by atoms with E-state index in [4.69, 9.17) is 0 Å². The maximum atomic E-state index is 11.7. The molecule has 0 aromatic carbocycles. The SMILES string of the molecule is Cc1ccc(C(=O)NCCCC(C)(C)C)s1. The lowest BCUT2D eigenvalue weighted by Gasteiger charge is -2.17. The van der Waals surface area contributed by atoms with Crippen LogP contribution >= 0.6 is 11.3 Å². The van der Waals surface area contributed by atoms with E-state index in [1.54, 1.807) is 11.3 Å². The number of hydrogen-bond donors (Lipinski definition) is 1. The van der Waals surface area contributed by atoms with Crippen LogP contribution in [-0.2, 0) is 0 Å². The van der Waals surface area contributed by atoms with E-state index < -0.39 is 0 Å². The monoisotopic (exact) mass is 239 g/mol. The molecular formula is C13H21NOS. The van der Waals surface area contributed by atoms with Crippen molar-refractivity contribution in [3.8, 4) is 0 Å². The van der Waals surface area contributed by atoms with Crippen LogP contribution in [0.2, 0.25) is 0 Å². The summed E-state index contributed by atoms with van der Waals surface area (Å²) in [6.45, 7) is 9.44. The van der Waals surface area contributed by atoms with Gasteiger partial charge in [-0.05, 0) is 37.3 Å². The molecule has 1 amide bonds. The fraction of sp³-hybridized carbons (Fsp3) is 0.615. The van der Waals surface area contributed by atoms with E-state index in [1.807, 2.05) is 19.1 Å². The standard InChI is InChI=1S/C13H21NOS/c1-10-6-7-11(16-10)12(15)14-9-5-8-13(2,3)4/h6-7H,5,8-9H2,1-4H3,(H,14,15). The van der Waals surface area contributed by atoms with Gasteiger partial charge in [-0.15, -0.1) is 11.3 Å². The minimum absolute atomic E-state index is 0.0620. The summed E-state index contributed by atoms with van der Waals surface area (Å²) < 4.78 is 0. The molecule has 0 aliphatic heterocycles. The van der Waals surface area contributed by atoms with Crippen molar-refractivity contribution in [2.75, 3.05) is 6.54 Å². The van der Waals surface area contributed by atoms with E-state index in [9.17, 15) is 4.79 Å². The average molecular weight is 239 g/mol. The van der Waals surface area contributed by atoms with Gasteiger partial charge in [0.2, 0.25) is 0 Å². The quantitative estimate of drug-likeness (QED) is 0.799. The lowest BCUT2D eigenvalue weighted by atomic mass is 9.91. The summed E-state index contributed by atoms with van der Waals surface area (Å²) in [7, 11) is 0. The highest BCUT2D eigenvalue weighted by atomic mass is 32.1. The normalized spacial score (nSPS) is 11.5. The molecule has 0 unspecified atom stereocenters. The van der Waals surface area contributed by atoms with Crippen LogP contribution in [0.15, 0.2) is 12.1 Å². The van der Waals surface area contributed by atoms with Crippen LogP contribution in [0.5, 0.6) is 0 Å². The molecule has 1 N–H and O–H groups in total. The molecule has 0 aliphatic carbocycles. The zero-order valence-corrected chi connectivity index (χ0v) is 11.4.